The van der Waals surface area contributed by atoms with E-state index in [9.17, 15) is 8.42 Å². The van der Waals surface area contributed by atoms with Gasteiger partial charge in [-0.25, -0.2) is 8.42 Å². The lowest BCUT2D eigenvalue weighted by Crippen LogP contribution is -2.32. The average Bonchev–Trinajstić information content (AvgIpc) is 2.59. The van der Waals surface area contributed by atoms with Crippen molar-refractivity contribution in [2.24, 2.45) is 0 Å². The Labute approximate surface area is 107 Å². The molecule has 0 saturated carbocycles. The van der Waals surface area contributed by atoms with Gasteiger partial charge < -0.3 is 0 Å². The zero-order valence-corrected chi connectivity index (χ0v) is 11.3. The number of nitrogens with zero attached hydrogens (tertiary/aromatic N) is 1. The molecule has 0 aromatic heterocycles. The molecule has 1 unspecified atom stereocenters. The Kier molecular flexibility index (Phi) is 3.76. The van der Waals surface area contributed by atoms with Gasteiger partial charge in [0.15, 0.2) is 9.84 Å². The SMILES string of the molecule is CN(Cc1cccc(Cl)c1)C1CCS(=O)(=O)C1. The molecule has 2 rings (SSSR count). The van der Waals surface area contributed by atoms with E-state index in [1.54, 1.807) is 0 Å². The second kappa shape index (κ2) is 4.96. The molecule has 0 spiro atoms. The van der Waals surface area contributed by atoms with E-state index in [0.717, 1.165) is 23.6 Å². The number of sulfone groups is 1. The van der Waals surface area contributed by atoms with Crippen molar-refractivity contribution in [1.29, 1.82) is 0 Å². The summed E-state index contributed by atoms with van der Waals surface area (Å²) in [7, 11) is -0.844. The van der Waals surface area contributed by atoms with Gasteiger partial charge in [-0.1, -0.05) is 23.7 Å². The van der Waals surface area contributed by atoms with Crippen LogP contribution in [0.2, 0.25) is 5.02 Å². The highest BCUT2D eigenvalue weighted by atomic mass is 35.5. The predicted molar refractivity (Wildman–Crippen MR) is 70.0 cm³/mol. The number of hydrogen-bond donors (Lipinski definition) is 0. The molecular weight excluding hydrogens is 258 g/mol. The van der Waals surface area contributed by atoms with E-state index in [-0.39, 0.29) is 11.8 Å². The van der Waals surface area contributed by atoms with Crippen LogP contribution < -0.4 is 0 Å². The molecule has 0 amide bonds. The highest BCUT2D eigenvalue weighted by Crippen LogP contribution is 2.19. The highest BCUT2D eigenvalue weighted by molar-refractivity contribution is 7.91. The fourth-order valence-electron chi connectivity index (χ4n) is 2.18. The Morgan fingerprint density at radius 1 is 1.47 bits per heavy atom. The van der Waals surface area contributed by atoms with E-state index in [1.807, 2.05) is 31.3 Å². The van der Waals surface area contributed by atoms with Gasteiger partial charge in [0, 0.05) is 17.6 Å². The summed E-state index contributed by atoms with van der Waals surface area (Å²) >= 11 is 5.92. The molecule has 0 N–H and O–H groups in total. The maximum atomic E-state index is 11.4. The van der Waals surface area contributed by atoms with Crippen molar-refractivity contribution in [3.8, 4) is 0 Å². The molecule has 0 radical (unpaired) electrons. The lowest BCUT2D eigenvalue weighted by atomic mass is 10.1. The average molecular weight is 274 g/mol. The van der Waals surface area contributed by atoms with Gasteiger partial charge in [-0.05, 0) is 31.2 Å². The number of benzene rings is 1. The summed E-state index contributed by atoms with van der Waals surface area (Å²) in [5.41, 5.74) is 1.12. The monoisotopic (exact) mass is 273 g/mol. The Balaban J connectivity index is 2.00. The summed E-state index contributed by atoms with van der Waals surface area (Å²) in [6.07, 6.45) is 0.736. The van der Waals surface area contributed by atoms with Crippen LogP contribution in [0.25, 0.3) is 0 Å². The standard InChI is InChI=1S/C12H16ClNO2S/c1-14(12-5-6-17(15,16)9-12)8-10-3-2-4-11(13)7-10/h2-4,7,12H,5-6,8-9H2,1H3. The fourth-order valence-corrected chi connectivity index (χ4v) is 4.19. The minimum absolute atomic E-state index is 0.138. The third-order valence-electron chi connectivity index (χ3n) is 3.15. The van der Waals surface area contributed by atoms with Crippen molar-refractivity contribution in [3.05, 3.63) is 34.9 Å². The van der Waals surface area contributed by atoms with Crippen molar-refractivity contribution >= 4 is 21.4 Å². The topological polar surface area (TPSA) is 37.4 Å². The first-order valence-electron chi connectivity index (χ1n) is 5.61. The molecular formula is C12H16ClNO2S. The van der Waals surface area contributed by atoms with Crippen molar-refractivity contribution < 1.29 is 8.42 Å². The summed E-state index contributed by atoms with van der Waals surface area (Å²) < 4.78 is 22.8. The van der Waals surface area contributed by atoms with E-state index in [1.165, 1.54) is 0 Å². The smallest absolute Gasteiger partial charge is 0.151 e. The normalized spacial score (nSPS) is 23.1. The third kappa shape index (κ3) is 3.44. The third-order valence-corrected chi connectivity index (χ3v) is 5.14. The lowest BCUT2D eigenvalue weighted by molar-refractivity contribution is 0.254. The van der Waals surface area contributed by atoms with E-state index in [2.05, 4.69) is 4.90 Å². The van der Waals surface area contributed by atoms with Crippen LogP contribution in [0.15, 0.2) is 24.3 Å². The van der Waals surface area contributed by atoms with Gasteiger partial charge in [-0.15, -0.1) is 0 Å². The molecule has 5 heteroatoms. The zero-order valence-electron chi connectivity index (χ0n) is 9.77. The maximum Gasteiger partial charge on any atom is 0.151 e. The first-order chi connectivity index (χ1) is 7.96. The Morgan fingerprint density at radius 3 is 2.82 bits per heavy atom. The van der Waals surface area contributed by atoms with E-state index in [4.69, 9.17) is 11.6 Å². The van der Waals surface area contributed by atoms with Gasteiger partial charge in [-0.2, -0.15) is 0 Å². The van der Waals surface area contributed by atoms with Crippen molar-refractivity contribution in [3.63, 3.8) is 0 Å². The molecule has 1 atom stereocenters. The quantitative estimate of drug-likeness (QED) is 0.845. The Bertz CT molecular complexity index is 501. The first kappa shape index (κ1) is 12.9. The minimum atomic E-state index is -2.81. The highest BCUT2D eigenvalue weighted by Gasteiger charge is 2.30. The van der Waals surface area contributed by atoms with Crippen molar-refractivity contribution in [2.75, 3.05) is 18.6 Å². The summed E-state index contributed by atoms with van der Waals surface area (Å²) in [4.78, 5) is 2.09. The van der Waals surface area contributed by atoms with Crippen LogP contribution in [0.5, 0.6) is 0 Å². The minimum Gasteiger partial charge on any atom is -0.298 e. The summed E-state index contributed by atoms with van der Waals surface area (Å²) in [5.74, 6) is 0.599. The van der Waals surface area contributed by atoms with Gasteiger partial charge in [0.25, 0.3) is 0 Å². The van der Waals surface area contributed by atoms with E-state index < -0.39 is 9.84 Å². The molecule has 1 saturated heterocycles. The lowest BCUT2D eigenvalue weighted by Gasteiger charge is -2.23. The summed E-state index contributed by atoms with van der Waals surface area (Å²) in [5, 5.41) is 0.718. The largest absolute Gasteiger partial charge is 0.298 e. The van der Waals surface area contributed by atoms with Gasteiger partial charge >= 0.3 is 0 Å². The van der Waals surface area contributed by atoms with E-state index in [0.29, 0.717) is 5.75 Å². The molecule has 1 fully saturated rings. The van der Waals surface area contributed by atoms with Crippen molar-refractivity contribution in [2.45, 2.75) is 19.0 Å². The summed E-state index contributed by atoms with van der Waals surface area (Å²) in [6, 6.07) is 7.81. The van der Waals surface area contributed by atoms with Crippen LogP contribution in [-0.2, 0) is 16.4 Å². The molecule has 3 nitrogen and oxygen atoms in total. The van der Waals surface area contributed by atoms with Gasteiger partial charge in [-0.3, -0.25) is 4.90 Å². The second-order valence-corrected chi connectivity index (χ2v) is 7.27. The second-order valence-electron chi connectivity index (χ2n) is 4.60. The fraction of sp³-hybridized carbons (Fsp3) is 0.500. The summed E-state index contributed by atoms with van der Waals surface area (Å²) in [6.45, 7) is 0.737. The zero-order chi connectivity index (χ0) is 12.5. The van der Waals surface area contributed by atoms with Gasteiger partial charge in [0.05, 0.1) is 11.5 Å². The van der Waals surface area contributed by atoms with E-state index >= 15 is 0 Å². The molecule has 1 aliphatic rings. The number of rotatable bonds is 3. The van der Waals surface area contributed by atoms with Crippen LogP contribution in [-0.4, -0.2) is 37.9 Å². The molecule has 0 bridgehead atoms. The molecule has 1 heterocycles. The first-order valence-corrected chi connectivity index (χ1v) is 7.81. The number of halogens is 1. The van der Waals surface area contributed by atoms with Crippen LogP contribution >= 0.6 is 11.6 Å². The Hall–Kier alpha value is -0.580. The molecule has 94 valence electrons. The molecule has 1 aromatic rings. The molecule has 0 aliphatic carbocycles. The predicted octanol–water partition coefficient (Wildman–Crippen LogP) is 1.96. The maximum absolute atomic E-state index is 11.4. The Morgan fingerprint density at radius 2 is 2.24 bits per heavy atom. The van der Waals surface area contributed by atoms with Gasteiger partial charge in [0.2, 0.25) is 0 Å². The van der Waals surface area contributed by atoms with Crippen LogP contribution in [0.4, 0.5) is 0 Å². The molecule has 1 aliphatic heterocycles. The number of hydrogen-bond acceptors (Lipinski definition) is 3. The van der Waals surface area contributed by atoms with Crippen LogP contribution in [0.3, 0.4) is 0 Å². The van der Waals surface area contributed by atoms with Crippen LogP contribution in [0, 0.1) is 0 Å². The van der Waals surface area contributed by atoms with Gasteiger partial charge in [0.1, 0.15) is 0 Å². The molecule has 1 aromatic carbocycles. The van der Waals surface area contributed by atoms with Crippen molar-refractivity contribution in [1.82, 2.24) is 4.90 Å². The molecule has 17 heavy (non-hydrogen) atoms. The van der Waals surface area contributed by atoms with Crippen LogP contribution in [0.1, 0.15) is 12.0 Å².